The van der Waals surface area contributed by atoms with Crippen LogP contribution in [0.25, 0.3) is 0 Å². The highest BCUT2D eigenvalue weighted by Gasteiger charge is 2.42. The van der Waals surface area contributed by atoms with Gasteiger partial charge >= 0.3 is 11.9 Å². The van der Waals surface area contributed by atoms with Crippen LogP contribution in [0, 0.1) is 19.8 Å². The molecular formula is C29H37N3O5S. The van der Waals surface area contributed by atoms with Crippen molar-refractivity contribution in [1.82, 2.24) is 9.80 Å². The lowest BCUT2D eigenvalue weighted by Crippen LogP contribution is -2.44. The highest BCUT2D eigenvalue weighted by atomic mass is 32.2. The zero-order valence-corrected chi connectivity index (χ0v) is 23.9. The van der Waals surface area contributed by atoms with Gasteiger partial charge in [-0.2, -0.15) is 0 Å². The molecule has 2 atom stereocenters. The summed E-state index contributed by atoms with van der Waals surface area (Å²) in [5, 5.41) is 2.68. The van der Waals surface area contributed by atoms with Crippen LogP contribution in [0.3, 0.4) is 0 Å². The highest BCUT2D eigenvalue weighted by Crippen LogP contribution is 2.46. The number of carbonyl (C=O) groups excluding carboxylic acids is 3. The first-order valence-corrected chi connectivity index (χ1v) is 14.2. The molecule has 1 saturated heterocycles. The van der Waals surface area contributed by atoms with Gasteiger partial charge in [0.1, 0.15) is 0 Å². The monoisotopic (exact) mass is 539 g/mol. The minimum Gasteiger partial charge on any atom is -0.466 e. The van der Waals surface area contributed by atoms with Crippen molar-refractivity contribution in [3.05, 3.63) is 57.3 Å². The van der Waals surface area contributed by atoms with E-state index in [1.807, 2.05) is 57.1 Å². The molecule has 0 aliphatic carbocycles. The second-order valence-electron chi connectivity index (χ2n) is 10.3. The molecule has 1 amide bonds. The molecular weight excluding hydrogens is 502 g/mol. The molecule has 4 rings (SSSR count). The number of benzene rings is 1. The molecule has 0 spiro atoms. The molecule has 1 aromatic rings. The van der Waals surface area contributed by atoms with Crippen LogP contribution >= 0.6 is 11.8 Å². The molecule has 0 bridgehead atoms. The van der Waals surface area contributed by atoms with Crippen molar-refractivity contribution in [2.75, 3.05) is 19.7 Å². The smallest absolute Gasteiger partial charge is 0.338 e. The Morgan fingerprint density at radius 1 is 1.18 bits per heavy atom. The zero-order valence-electron chi connectivity index (χ0n) is 23.1. The number of likely N-dealkylation sites (tertiary alicyclic amines) is 1. The van der Waals surface area contributed by atoms with Gasteiger partial charge in [-0.3, -0.25) is 9.59 Å². The second kappa shape index (κ2) is 11.8. The fourth-order valence-corrected chi connectivity index (χ4v) is 6.22. The molecule has 1 fully saturated rings. The van der Waals surface area contributed by atoms with Crippen LogP contribution in [-0.2, 0) is 23.9 Å². The quantitative estimate of drug-likeness (QED) is 0.450. The molecule has 204 valence electrons. The fourth-order valence-electron chi connectivity index (χ4n) is 5.26. The van der Waals surface area contributed by atoms with Gasteiger partial charge in [-0.1, -0.05) is 35.5 Å². The molecule has 2 unspecified atom stereocenters. The number of piperidine rings is 1. The predicted molar refractivity (Wildman–Crippen MR) is 148 cm³/mol. The Bertz CT molecular complexity index is 1220. The van der Waals surface area contributed by atoms with Gasteiger partial charge < -0.3 is 19.3 Å². The summed E-state index contributed by atoms with van der Waals surface area (Å²) in [6.07, 6.45) is 1.36. The van der Waals surface area contributed by atoms with E-state index in [1.165, 1.54) is 11.8 Å². The van der Waals surface area contributed by atoms with E-state index in [-0.39, 0.29) is 30.3 Å². The van der Waals surface area contributed by atoms with Gasteiger partial charge in [0.2, 0.25) is 5.91 Å². The van der Waals surface area contributed by atoms with Gasteiger partial charge in [0.05, 0.1) is 42.4 Å². The molecule has 0 aromatic heterocycles. The lowest BCUT2D eigenvalue weighted by atomic mass is 9.90. The Morgan fingerprint density at radius 2 is 1.95 bits per heavy atom. The van der Waals surface area contributed by atoms with Crippen molar-refractivity contribution in [1.29, 1.82) is 0 Å². The van der Waals surface area contributed by atoms with E-state index in [0.29, 0.717) is 31.0 Å². The number of fused-ring (bicyclic) bond motifs is 1. The summed E-state index contributed by atoms with van der Waals surface area (Å²) in [5.41, 5.74) is 5.04. The molecule has 8 nitrogen and oxygen atoms in total. The maximum atomic E-state index is 13.5. The minimum absolute atomic E-state index is 0.0518. The van der Waals surface area contributed by atoms with Crippen molar-refractivity contribution in [2.24, 2.45) is 10.9 Å². The Kier molecular flexibility index (Phi) is 8.65. The average Bonchev–Trinajstić information content (AvgIpc) is 3.25. The van der Waals surface area contributed by atoms with Crippen LogP contribution in [0.1, 0.15) is 69.7 Å². The number of hydrogen-bond donors (Lipinski definition) is 0. The fraction of sp³-hybridized carbons (Fsp3) is 0.517. The molecule has 3 heterocycles. The lowest BCUT2D eigenvalue weighted by Gasteiger charge is -2.38. The molecule has 0 N–H and O–H groups in total. The number of nitrogens with zero attached hydrogens (tertiary/aromatic N) is 3. The first-order valence-electron chi connectivity index (χ1n) is 13.3. The maximum Gasteiger partial charge on any atom is 0.338 e. The Labute approximate surface area is 229 Å². The molecule has 0 radical (unpaired) electrons. The topological polar surface area (TPSA) is 88.5 Å². The van der Waals surface area contributed by atoms with Crippen molar-refractivity contribution in [3.8, 4) is 0 Å². The summed E-state index contributed by atoms with van der Waals surface area (Å²) in [7, 11) is 0. The van der Waals surface area contributed by atoms with Crippen molar-refractivity contribution in [2.45, 2.75) is 73.0 Å². The summed E-state index contributed by atoms with van der Waals surface area (Å²) in [6.45, 7) is 12.7. The number of thioether (sulfide) groups is 1. The summed E-state index contributed by atoms with van der Waals surface area (Å²) in [6, 6.07) is 5.72. The summed E-state index contributed by atoms with van der Waals surface area (Å²) in [4.78, 5) is 47.7. The SMILES string of the molecule is CCOC(=O)C1CCCN(C(=O)CC2=CSC3=NC(C)=C(C(=O)OC(C)C)C(c4ccc(C)cc4C)N23)C1. The molecule has 1 aromatic carbocycles. The maximum absolute atomic E-state index is 13.5. The largest absolute Gasteiger partial charge is 0.466 e. The summed E-state index contributed by atoms with van der Waals surface area (Å²) in [5.74, 6) is -0.988. The molecule has 3 aliphatic heterocycles. The Balaban J connectivity index is 1.64. The molecule has 0 saturated carbocycles. The third-order valence-electron chi connectivity index (χ3n) is 7.01. The molecule has 9 heteroatoms. The van der Waals surface area contributed by atoms with E-state index in [9.17, 15) is 14.4 Å². The van der Waals surface area contributed by atoms with E-state index in [2.05, 4.69) is 6.07 Å². The van der Waals surface area contributed by atoms with Gasteiger partial charge in [-0.05, 0) is 70.9 Å². The van der Waals surface area contributed by atoms with Crippen LogP contribution in [0.5, 0.6) is 0 Å². The summed E-state index contributed by atoms with van der Waals surface area (Å²) >= 11 is 1.46. The van der Waals surface area contributed by atoms with E-state index in [0.717, 1.165) is 40.4 Å². The van der Waals surface area contributed by atoms with Crippen LogP contribution in [0.15, 0.2) is 45.6 Å². The van der Waals surface area contributed by atoms with E-state index < -0.39 is 12.0 Å². The number of ether oxygens (including phenoxy) is 2. The van der Waals surface area contributed by atoms with Gasteiger partial charge in [-0.25, -0.2) is 9.79 Å². The number of aryl methyl sites for hydroxylation is 2. The normalized spacial score (nSPS) is 21.2. The Hall–Kier alpha value is -3.07. The average molecular weight is 540 g/mol. The van der Waals surface area contributed by atoms with Gasteiger partial charge in [-0.15, -0.1) is 0 Å². The van der Waals surface area contributed by atoms with Crippen LogP contribution in [0.2, 0.25) is 0 Å². The number of rotatable bonds is 7. The van der Waals surface area contributed by atoms with Gasteiger partial charge in [0.15, 0.2) is 5.17 Å². The molecule has 3 aliphatic rings. The van der Waals surface area contributed by atoms with Crippen LogP contribution in [0.4, 0.5) is 0 Å². The van der Waals surface area contributed by atoms with Crippen molar-refractivity contribution < 1.29 is 23.9 Å². The highest BCUT2D eigenvalue weighted by molar-refractivity contribution is 8.16. The number of aliphatic imine (C=N–C) groups is 1. The number of allylic oxidation sites excluding steroid dienone is 1. The van der Waals surface area contributed by atoms with E-state index in [4.69, 9.17) is 14.5 Å². The standard InChI is InChI=1S/C29H37N3O5S/c1-7-36-27(34)21-9-8-12-31(15-21)24(33)14-22-16-38-29-30-20(6)25(28(35)37-17(2)3)26(32(22)29)23-11-10-18(4)13-19(23)5/h10-11,13,16-17,21,26H,7-9,12,14-15H2,1-6H3. The van der Waals surface area contributed by atoms with Crippen LogP contribution in [-0.4, -0.2) is 58.6 Å². The minimum atomic E-state index is -0.461. The number of amidine groups is 1. The first kappa shape index (κ1) is 28.0. The molecule has 38 heavy (non-hydrogen) atoms. The zero-order chi connectivity index (χ0) is 27.6. The van der Waals surface area contributed by atoms with Crippen molar-refractivity contribution >= 4 is 34.8 Å². The van der Waals surface area contributed by atoms with Crippen LogP contribution < -0.4 is 0 Å². The van der Waals surface area contributed by atoms with Gasteiger partial charge in [0, 0.05) is 18.8 Å². The van der Waals surface area contributed by atoms with E-state index >= 15 is 0 Å². The van der Waals surface area contributed by atoms with Crippen molar-refractivity contribution in [3.63, 3.8) is 0 Å². The third-order valence-corrected chi connectivity index (χ3v) is 7.90. The van der Waals surface area contributed by atoms with Gasteiger partial charge in [0.25, 0.3) is 0 Å². The van der Waals surface area contributed by atoms with E-state index in [1.54, 1.807) is 11.8 Å². The second-order valence-corrected chi connectivity index (χ2v) is 11.2. The lowest BCUT2D eigenvalue weighted by molar-refractivity contribution is -0.151. The summed E-state index contributed by atoms with van der Waals surface area (Å²) < 4.78 is 10.9. The Morgan fingerprint density at radius 3 is 2.63 bits per heavy atom. The number of carbonyl (C=O) groups is 3. The first-order chi connectivity index (χ1) is 18.1. The number of hydrogen-bond acceptors (Lipinski definition) is 8. The number of esters is 2. The third kappa shape index (κ3) is 5.82. The predicted octanol–water partition coefficient (Wildman–Crippen LogP) is 5.02. The number of amides is 1.